The highest BCUT2D eigenvalue weighted by molar-refractivity contribution is 6.35. The molecule has 3 aromatic rings. The van der Waals surface area contributed by atoms with E-state index in [0.717, 1.165) is 5.56 Å². The summed E-state index contributed by atoms with van der Waals surface area (Å²) in [4.78, 5) is 27.3. The number of halogens is 2. The van der Waals surface area contributed by atoms with Gasteiger partial charge in [-0.05, 0) is 55.8 Å². The van der Waals surface area contributed by atoms with Crippen LogP contribution in [0.1, 0.15) is 19.4 Å². The molecule has 0 radical (unpaired) electrons. The first-order chi connectivity index (χ1) is 15.8. The molecule has 0 spiro atoms. The minimum atomic E-state index is -0.821. The van der Waals surface area contributed by atoms with Crippen molar-refractivity contribution in [3.63, 3.8) is 0 Å². The van der Waals surface area contributed by atoms with Gasteiger partial charge in [0.05, 0.1) is 17.3 Å². The molecule has 6 nitrogen and oxygen atoms in total. The fourth-order valence-electron chi connectivity index (χ4n) is 3.47. The maximum Gasteiger partial charge on any atom is 0.268 e. The zero-order valence-electron chi connectivity index (χ0n) is 18.0. The van der Waals surface area contributed by atoms with Crippen molar-refractivity contribution in [2.45, 2.75) is 32.6 Å². The maximum absolute atomic E-state index is 12.9. The zero-order chi connectivity index (χ0) is 23.5. The van der Waals surface area contributed by atoms with E-state index in [-0.39, 0.29) is 11.8 Å². The molecule has 0 saturated heterocycles. The summed E-state index contributed by atoms with van der Waals surface area (Å²) >= 11 is 12.0. The number of carbonyl (C=O) groups excluding carboxylic acids is 2. The summed E-state index contributed by atoms with van der Waals surface area (Å²) < 4.78 is 11.5. The first-order valence-electron chi connectivity index (χ1n) is 10.4. The van der Waals surface area contributed by atoms with Gasteiger partial charge in [-0.15, -0.1) is 0 Å². The molecule has 2 atom stereocenters. The Kier molecular flexibility index (Phi) is 6.77. The van der Waals surface area contributed by atoms with Crippen LogP contribution < -0.4 is 19.7 Å². The molecular weight excluding hydrogens is 463 g/mol. The first kappa shape index (κ1) is 23.0. The molecule has 1 N–H and O–H groups in total. The van der Waals surface area contributed by atoms with Gasteiger partial charge in [0.15, 0.2) is 12.2 Å². The molecule has 0 fully saturated rings. The third kappa shape index (κ3) is 5.24. The van der Waals surface area contributed by atoms with Crippen molar-refractivity contribution in [2.75, 3.05) is 10.2 Å². The topological polar surface area (TPSA) is 67.9 Å². The number of anilines is 2. The Balaban J connectivity index is 1.52. The number of nitrogens with one attached hydrogen (secondary N) is 1. The fraction of sp³-hybridized carbons (Fsp3) is 0.200. The van der Waals surface area contributed by atoms with Crippen LogP contribution in [0.3, 0.4) is 0 Å². The lowest BCUT2D eigenvalue weighted by molar-refractivity contribution is -0.125. The predicted molar refractivity (Wildman–Crippen MR) is 129 cm³/mol. The summed E-state index contributed by atoms with van der Waals surface area (Å²) in [5, 5.41) is 3.62. The van der Waals surface area contributed by atoms with Gasteiger partial charge in [0.2, 0.25) is 0 Å². The van der Waals surface area contributed by atoms with Crippen LogP contribution in [-0.2, 0) is 16.1 Å². The summed E-state index contributed by atoms with van der Waals surface area (Å²) in [5.74, 6) is 0.417. The van der Waals surface area contributed by atoms with Gasteiger partial charge < -0.3 is 19.7 Å². The molecule has 0 saturated carbocycles. The van der Waals surface area contributed by atoms with Gasteiger partial charge in [-0.3, -0.25) is 9.59 Å². The Hall–Kier alpha value is -3.22. The molecule has 0 aromatic heterocycles. The SMILES string of the molecule is CC(Oc1ccc(Cl)cc1Cl)C(=O)Nc1ccc2c(c1)N(Cc1ccccc1)C(=O)C(C)O2. The lowest BCUT2D eigenvalue weighted by atomic mass is 10.1. The zero-order valence-corrected chi connectivity index (χ0v) is 19.6. The molecule has 0 aliphatic carbocycles. The van der Waals surface area contributed by atoms with Crippen LogP contribution in [0.15, 0.2) is 66.7 Å². The lowest BCUT2D eigenvalue weighted by Gasteiger charge is -2.33. The number of amides is 2. The van der Waals surface area contributed by atoms with Crippen LogP contribution in [0.2, 0.25) is 10.0 Å². The number of nitrogens with zero attached hydrogens (tertiary/aromatic N) is 1. The highest BCUT2D eigenvalue weighted by Crippen LogP contribution is 2.37. The molecule has 4 rings (SSSR count). The molecular formula is C25H22Cl2N2O4. The van der Waals surface area contributed by atoms with Crippen molar-refractivity contribution in [1.29, 1.82) is 0 Å². The smallest absolute Gasteiger partial charge is 0.268 e. The largest absolute Gasteiger partial charge is 0.479 e. The number of benzene rings is 3. The summed E-state index contributed by atoms with van der Waals surface area (Å²) in [6.07, 6.45) is -1.42. The van der Waals surface area contributed by atoms with Gasteiger partial charge in [-0.2, -0.15) is 0 Å². The Morgan fingerprint density at radius 3 is 2.61 bits per heavy atom. The lowest BCUT2D eigenvalue weighted by Crippen LogP contribution is -2.44. The Morgan fingerprint density at radius 2 is 1.88 bits per heavy atom. The minimum Gasteiger partial charge on any atom is -0.479 e. The second-order valence-corrected chi connectivity index (χ2v) is 8.52. The number of fused-ring (bicyclic) bond motifs is 1. The summed E-state index contributed by atoms with van der Waals surface area (Å²) in [7, 11) is 0. The second-order valence-electron chi connectivity index (χ2n) is 7.68. The number of carbonyl (C=O) groups is 2. The van der Waals surface area contributed by atoms with Gasteiger partial charge in [0.1, 0.15) is 11.5 Å². The third-order valence-corrected chi connectivity index (χ3v) is 5.72. The van der Waals surface area contributed by atoms with Crippen molar-refractivity contribution < 1.29 is 19.1 Å². The quantitative estimate of drug-likeness (QED) is 0.486. The first-order valence-corrected chi connectivity index (χ1v) is 11.2. The maximum atomic E-state index is 12.9. The number of rotatable bonds is 6. The van der Waals surface area contributed by atoms with Gasteiger partial charge in [-0.25, -0.2) is 0 Å². The predicted octanol–water partition coefficient (Wildman–Crippen LogP) is 5.71. The van der Waals surface area contributed by atoms with Gasteiger partial charge in [-0.1, -0.05) is 53.5 Å². The molecule has 1 heterocycles. The van der Waals surface area contributed by atoms with Crippen LogP contribution in [0.25, 0.3) is 0 Å². The monoisotopic (exact) mass is 484 g/mol. The summed E-state index contributed by atoms with van der Waals surface area (Å²) in [6, 6.07) is 19.7. The molecule has 170 valence electrons. The Morgan fingerprint density at radius 1 is 1.12 bits per heavy atom. The van der Waals surface area contributed by atoms with E-state index in [0.29, 0.717) is 39.5 Å². The van der Waals surface area contributed by atoms with Crippen molar-refractivity contribution >= 4 is 46.4 Å². The number of ether oxygens (including phenoxy) is 2. The van der Waals surface area contributed by atoms with Gasteiger partial charge >= 0.3 is 0 Å². The second kappa shape index (κ2) is 9.73. The van der Waals surface area contributed by atoms with Gasteiger partial charge in [0, 0.05) is 10.7 Å². The molecule has 8 heteroatoms. The van der Waals surface area contributed by atoms with Crippen LogP contribution in [0.4, 0.5) is 11.4 Å². The minimum absolute atomic E-state index is 0.149. The molecule has 1 aliphatic rings. The molecule has 3 aromatic carbocycles. The van der Waals surface area contributed by atoms with Crippen molar-refractivity contribution in [3.05, 3.63) is 82.3 Å². The van der Waals surface area contributed by atoms with Crippen molar-refractivity contribution in [2.24, 2.45) is 0 Å². The van der Waals surface area contributed by atoms with Crippen LogP contribution in [0.5, 0.6) is 11.5 Å². The molecule has 0 bridgehead atoms. The van der Waals surface area contributed by atoms with E-state index in [1.165, 1.54) is 0 Å². The Bertz CT molecular complexity index is 1190. The highest BCUT2D eigenvalue weighted by atomic mass is 35.5. The summed E-state index contributed by atoms with van der Waals surface area (Å²) in [6.45, 7) is 3.74. The Labute approximate surface area is 202 Å². The average molecular weight is 485 g/mol. The van der Waals surface area contributed by atoms with Crippen molar-refractivity contribution in [3.8, 4) is 11.5 Å². The molecule has 1 aliphatic heterocycles. The van der Waals surface area contributed by atoms with Crippen LogP contribution >= 0.6 is 23.2 Å². The third-order valence-electron chi connectivity index (χ3n) is 5.19. The van der Waals surface area contributed by atoms with E-state index in [1.54, 1.807) is 55.1 Å². The van der Waals surface area contributed by atoms with Gasteiger partial charge in [0.25, 0.3) is 11.8 Å². The number of hydrogen-bond donors (Lipinski definition) is 1. The fourth-order valence-corrected chi connectivity index (χ4v) is 3.93. The number of hydrogen-bond acceptors (Lipinski definition) is 4. The van der Waals surface area contributed by atoms with E-state index in [9.17, 15) is 9.59 Å². The molecule has 2 amide bonds. The van der Waals surface area contributed by atoms with Crippen molar-refractivity contribution in [1.82, 2.24) is 0 Å². The van der Waals surface area contributed by atoms with E-state index in [2.05, 4.69) is 5.32 Å². The standard InChI is InChI=1S/C25H22Cl2N2O4/c1-15(32-22-10-8-18(26)12-20(22)27)24(30)28-19-9-11-23-21(13-19)29(25(31)16(2)33-23)14-17-6-4-3-5-7-17/h3-13,15-16H,14H2,1-2H3,(H,28,30). The van der Waals surface area contributed by atoms with E-state index < -0.39 is 12.2 Å². The average Bonchev–Trinajstić information content (AvgIpc) is 2.79. The van der Waals surface area contributed by atoms with Crippen LogP contribution in [-0.4, -0.2) is 24.0 Å². The molecule has 33 heavy (non-hydrogen) atoms. The van der Waals surface area contributed by atoms with E-state index >= 15 is 0 Å². The normalized spacial score (nSPS) is 15.9. The van der Waals surface area contributed by atoms with E-state index in [4.69, 9.17) is 32.7 Å². The van der Waals surface area contributed by atoms with Crippen LogP contribution in [0, 0.1) is 0 Å². The highest BCUT2D eigenvalue weighted by Gasteiger charge is 2.32. The molecule has 2 unspecified atom stereocenters. The van der Waals surface area contributed by atoms with E-state index in [1.807, 2.05) is 30.3 Å². The summed E-state index contributed by atoms with van der Waals surface area (Å²) in [5.41, 5.74) is 2.09.